The highest BCUT2D eigenvalue weighted by Crippen LogP contribution is 2.28. The smallest absolute Gasteiger partial charge is 0.219 e. The van der Waals surface area contributed by atoms with E-state index in [0.717, 1.165) is 19.4 Å². The Morgan fingerprint density at radius 1 is 1.38 bits per heavy atom. The first-order chi connectivity index (χ1) is 11.5. The van der Waals surface area contributed by atoms with Crippen LogP contribution in [0.4, 0.5) is 4.39 Å². The van der Waals surface area contributed by atoms with E-state index in [2.05, 4.69) is 4.90 Å². The number of ether oxygens (including phenoxy) is 1. The van der Waals surface area contributed by atoms with E-state index >= 15 is 0 Å². The van der Waals surface area contributed by atoms with Crippen molar-refractivity contribution in [2.45, 2.75) is 37.8 Å². The van der Waals surface area contributed by atoms with Crippen LogP contribution in [0.1, 0.15) is 26.2 Å². The summed E-state index contributed by atoms with van der Waals surface area (Å²) in [4.78, 5) is 15.8. The maximum Gasteiger partial charge on any atom is 0.219 e. The summed E-state index contributed by atoms with van der Waals surface area (Å²) in [5.74, 6) is -0.0336. The van der Waals surface area contributed by atoms with Crippen molar-refractivity contribution in [1.29, 1.82) is 0 Å². The fraction of sp³-hybridized carbons (Fsp3) is 0.611. The summed E-state index contributed by atoms with van der Waals surface area (Å²) < 4.78 is 18.9. The van der Waals surface area contributed by atoms with Crippen LogP contribution in [0.25, 0.3) is 0 Å². The van der Waals surface area contributed by atoms with Crippen LogP contribution in [0.5, 0.6) is 5.75 Å². The summed E-state index contributed by atoms with van der Waals surface area (Å²) >= 11 is 0. The van der Waals surface area contributed by atoms with Gasteiger partial charge in [0.25, 0.3) is 0 Å². The third-order valence-corrected chi connectivity index (χ3v) is 4.98. The molecule has 1 aromatic carbocycles. The molecule has 6 heteroatoms. The molecule has 1 aliphatic carbocycles. The molecule has 1 heterocycles. The Bertz CT molecular complexity index is 593. The Labute approximate surface area is 142 Å². The number of rotatable bonds is 4. The normalized spacial score (nSPS) is 25.9. The molecule has 1 N–H and O–H groups in total. The highest BCUT2D eigenvalue weighted by atomic mass is 19.1. The Morgan fingerprint density at radius 3 is 2.79 bits per heavy atom. The molecule has 2 fully saturated rings. The summed E-state index contributed by atoms with van der Waals surface area (Å²) in [6.45, 7) is 3.65. The Balaban J connectivity index is 1.71. The highest BCUT2D eigenvalue weighted by Gasteiger charge is 2.39. The van der Waals surface area contributed by atoms with Crippen molar-refractivity contribution in [3.8, 4) is 5.75 Å². The molecule has 3 rings (SSSR count). The minimum Gasteiger partial charge on any atom is -0.490 e. The van der Waals surface area contributed by atoms with Crippen LogP contribution in [0, 0.1) is 5.82 Å². The third kappa shape index (κ3) is 4.05. The second-order valence-corrected chi connectivity index (χ2v) is 6.97. The van der Waals surface area contributed by atoms with E-state index in [-0.39, 0.29) is 24.9 Å². The topological polar surface area (TPSA) is 53.0 Å². The van der Waals surface area contributed by atoms with Gasteiger partial charge in [-0.3, -0.25) is 9.69 Å². The molecule has 1 aliphatic heterocycles. The van der Waals surface area contributed by atoms with Crippen molar-refractivity contribution in [3.63, 3.8) is 0 Å². The minimum absolute atomic E-state index is 0.0312. The molecule has 1 aromatic rings. The average molecular weight is 336 g/mol. The van der Waals surface area contributed by atoms with Crippen LogP contribution < -0.4 is 4.74 Å². The van der Waals surface area contributed by atoms with Gasteiger partial charge in [-0.2, -0.15) is 0 Å². The Hall–Kier alpha value is -1.66. The quantitative estimate of drug-likeness (QED) is 0.908. The van der Waals surface area contributed by atoms with E-state index in [9.17, 15) is 14.3 Å². The van der Waals surface area contributed by atoms with Gasteiger partial charge in [-0.15, -0.1) is 0 Å². The number of amides is 1. The predicted octanol–water partition coefficient (Wildman–Crippen LogP) is 1.65. The number of aliphatic hydroxyl groups is 1. The lowest BCUT2D eigenvalue weighted by Crippen LogP contribution is -2.54. The molecule has 1 saturated carbocycles. The molecule has 24 heavy (non-hydrogen) atoms. The van der Waals surface area contributed by atoms with Gasteiger partial charge in [0.05, 0.1) is 6.54 Å². The maximum absolute atomic E-state index is 13.3. The molecule has 1 amide bonds. The van der Waals surface area contributed by atoms with Gasteiger partial charge in [-0.25, -0.2) is 4.39 Å². The van der Waals surface area contributed by atoms with E-state index in [0.29, 0.717) is 24.9 Å². The van der Waals surface area contributed by atoms with Crippen molar-refractivity contribution in [3.05, 3.63) is 30.1 Å². The first-order valence-electron chi connectivity index (χ1n) is 8.55. The molecule has 1 atom stereocenters. The van der Waals surface area contributed by atoms with Gasteiger partial charge in [-0.05, 0) is 25.0 Å². The van der Waals surface area contributed by atoms with E-state index in [1.807, 2.05) is 0 Å². The highest BCUT2D eigenvalue weighted by molar-refractivity contribution is 5.73. The van der Waals surface area contributed by atoms with Crippen LogP contribution in [-0.4, -0.2) is 65.2 Å². The van der Waals surface area contributed by atoms with Gasteiger partial charge in [0, 0.05) is 38.7 Å². The van der Waals surface area contributed by atoms with E-state index in [4.69, 9.17) is 4.74 Å². The summed E-state index contributed by atoms with van der Waals surface area (Å²) in [5, 5.41) is 11.1. The summed E-state index contributed by atoms with van der Waals surface area (Å²) in [7, 11) is 0. The fourth-order valence-electron chi connectivity index (χ4n) is 3.39. The molecule has 0 aromatic heterocycles. The average Bonchev–Trinajstić information content (AvgIpc) is 2.64. The zero-order valence-electron chi connectivity index (χ0n) is 14.1. The second kappa shape index (κ2) is 7.07. The van der Waals surface area contributed by atoms with Crippen LogP contribution in [-0.2, 0) is 4.79 Å². The van der Waals surface area contributed by atoms with Crippen molar-refractivity contribution in [2.75, 3.05) is 32.8 Å². The summed E-state index contributed by atoms with van der Waals surface area (Å²) in [6.07, 6.45) is 3.50. The van der Waals surface area contributed by atoms with Gasteiger partial charge in [0.2, 0.25) is 5.91 Å². The summed E-state index contributed by atoms with van der Waals surface area (Å²) in [6, 6.07) is 6.37. The molecular weight excluding hydrogens is 311 g/mol. The lowest BCUT2D eigenvalue weighted by atomic mass is 9.90. The van der Waals surface area contributed by atoms with Crippen molar-refractivity contribution in [1.82, 2.24) is 9.80 Å². The van der Waals surface area contributed by atoms with Gasteiger partial charge < -0.3 is 14.7 Å². The van der Waals surface area contributed by atoms with Gasteiger partial charge >= 0.3 is 0 Å². The summed E-state index contributed by atoms with van der Waals surface area (Å²) in [5.41, 5.74) is -1.16. The zero-order valence-corrected chi connectivity index (χ0v) is 14.1. The zero-order chi connectivity index (χ0) is 17.2. The van der Waals surface area contributed by atoms with Crippen LogP contribution in [0.2, 0.25) is 0 Å². The van der Waals surface area contributed by atoms with Crippen molar-refractivity contribution in [2.24, 2.45) is 0 Å². The Kier molecular flexibility index (Phi) is 5.06. The molecular formula is C18H25FN2O3. The Morgan fingerprint density at radius 2 is 2.17 bits per heavy atom. The van der Waals surface area contributed by atoms with Crippen LogP contribution >= 0.6 is 0 Å². The standard InChI is InChI=1S/C18H25FN2O3/c1-14(22)20-8-9-21(16-5-3-6-16)12-18(23,11-20)13-24-17-7-2-4-15(19)10-17/h2,4,7,10,16,23H,3,5-6,8-9,11-13H2,1H3. The first-order valence-corrected chi connectivity index (χ1v) is 8.55. The molecule has 0 spiro atoms. The number of carbonyl (C=O) groups excluding carboxylic acids is 1. The number of hydrogen-bond donors (Lipinski definition) is 1. The maximum atomic E-state index is 13.3. The lowest BCUT2D eigenvalue weighted by molar-refractivity contribution is -0.132. The first kappa shape index (κ1) is 17.2. The molecule has 1 saturated heterocycles. The number of hydrogen-bond acceptors (Lipinski definition) is 4. The molecule has 2 aliphatic rings. The SMILES string of the molecule is CC(=O)N1CCN(C2CCC2)CC(O)(COc2cccc(F)c2)C1. The lowest BCUT2D eigenvalue weighted by Gasteiger charge is -2.40. The van der Waals surface area contributed by atoms with Gasteiger partial charge in [0.15, 0.2) is 0 Å². The minimum atomic E-state index is -1.16. The predicted molar refractivity (Wildman–Crippen MR) is 88.3 cm³/mol. The van der Waals surface area contributed by atoms with Crippen LogP contribution in [0.15, 0.2) is 24.3 Å². The number of nitrogens with zero attached hydrogens (tertiary/aromatic N) is 2. The second-order valence-electron chi connectivity index (χ2n) is 6.97. The van der Waals surface area contributed by atoms with Crippen LogP contribution in [0.3, 0.4) is 0 Å². The van der Waals surface area contributed by atoms with E-state index in [1.165, 1.54) is 25.5 Å². The number of benzene rings is 1. The largest absolute Gasteiger partial charge is 0.490 e. The molecule has 0 radical (unpaired) electrons. The molecule has 0 bridgehead atoms. The number of halogens is 1. The van der Waals surface area contributed by atoms with Crippen molar-refractivity contribution < 1.29 is 19.0 Å². The fourth-order valence-corrected chi connectivity index (χ4v) is 3.39. The number of carbonyl (C=O) groups is 1. The monoisotopic (exact) mass is 336 g/mol. The van der Waals surface area contributed by atoms with Gasteiger partial charge in [0.1, 0.15) is 23.8 Å². The number of β-amino-alcohol motifs (C(OH)–C–C–N with tert-alkyl or cyclic N) is 1. The molecule has 132 valence electrons. The van der Waals surface area contributed by atoms with E-state index in [1.54, 1.807) is 17.0 Å². The van der Waals surface area contributed by atoms with E-state index < -0.39 is 5.60 Å². The van der Waals surface area contributed by atoms with Crippen molar-refractivity contribution >= 4 is 5.91 Å². The van der Waals surface area contributed by atoms with Gasteiger partial charge in [-0.1, -0.05) is 12.5 Å². The molecule has 1 unspecified atom stereocenters. The third-order valence-electron chi connectivity index (χ3n) is 4.98. The molecule has 5 nitrogen and oxygen atoms in total.